The van der Waals surface area contributed by atoms with Gasteiger partial charge in [-0.3, -0.25) is 4.79 Å². The van der Waals surface area contributed by atoms with Gasteiger partial charge in [0.05, 0.1) is 5.02 Å². The van der Waals surface area contributed by atoms with Crippen molar-refractivity contribution in [1.82, 2.24) is 9.88 Å². The van der Waals surface area contributed by atoms with Gasteiger partial charge in [-0.05, 0) is 36.3 Å². The summed E-state index contributed by atoms with van der Waals surface area (Å²) in [4.78, 5) is 17.6. The first-order valence-corrected chi connectivity index (χ1v) is 9.90. The SMILES string of the molecule is O=C(COc1ccc(Br)cc1Cl)N1CC=C(c2c[nH]c3ccccc23)CC1. The maximum absolute atomic E-state index is 12.5. The zero-order valence-corrected chi connectivity index (χ0v) is 16.9. The van der Waals surface area contributed by atoms with Gasteiger partial charge >= 0.3 is 0 Å². The largest absolute Gasteiger partial charge is 0.482 e. The molecular formula is C21H18BrClN2O2. The highest BCUT2D eigenvalue weighted by atomic mass is 79.9. The first-order chi connectivity index (χ1) is 13.1. The smallest absolute Gasteiger partial charge is 0.260 e. The van der Waals surface area contributed by atoms with Crippen molar-refractivity contribution in [2.45, 2.75) is 6.42 Å². The number of ether oxygens (including phenoxy) is 1. The number of H-pyrrole nitrogens is 1. The van der Waals surface area contributed by atoms with E-state index in [2.05, 4.69) is 39.1 Å². The molecular weight excluding hydrogens is 428 g/mol. The Morgan fingerprint density at radius 3 is 2.89 bits per heavy atom. The van der Waals surface area contributed by atoms with E-state index >= 15 is 0 Å². The Balaban J connectivity index is 1.40. The van der Waals surface area contributed by atoms with Crippen molar-refractivity contribution in [1.29, 1.82) is 0 Å². The normalized spacial score (nSPS) is 14.3. The maximum atomic E-state index is 12.5. The highest BCUT2D eigenvalue weighted by Crippen LogP contribution is 2.30. The van der Waals surface area contributed by atoms with E-state index in [1.165, 1.54) is 16.5 Å². The van der Waals surface area contributed by atoms with Crippen LogP contribution in [0.1, 0.15) is 12.0 Å². The minimum atomic E-state index is -0.0387. The Morgan fingerprint density at radius 2 is 2.11 bits per heavy atom. The molecule has 138 valence electrons. The van der Waals surface area contributed by atoms with Crippen LogP contribution in [-0.2, 0) is 4.79 Å². The molecule has 6 heteroatoms. The number of hydrogen-bond donors (Lipinski definition) is 1. The lowest BCUT2D eigenvalue weighted by atomic mass is 9.99. The minimum absolute atomic E-state index is 0.0163. The van der Waals surface area contributed by atoms with Crippen LogP contribution in [0.2, 0.25) is 5.02 Å². The number of nitrogens with one attached hydrogen (secondary N) is 1. The Bertz CT molecular complexity index is 1030. The van der Waals surface area contributed by atoms with Crippen LogP contribution in [0.3, 0.4) is 0 Å². The van der Waals surface area contributed by atoms with E-state index in [1.807, 2.05) is 29.3 Å². The van der Waals surface area contributed by atoms with Crippen LogP contribution < -0.4 is 4.74 Å². The number of halogens is 2. The second-order valence-electron chi connectivity index (χ2n) is 6.43. The van der Waals surface area contributed by atoms with E-state index in [0.717, 1.165) is 16.4 Å². The van der Waals surface area contributed by atoms with E-state index in [-0.39, 0.29) is 12.5 Å². The molecule has 1 amide bonds. The number of nitrogens with zero attached hydrogens (tertiary/aromatic N) is 1. The van der Waals surface area contributed by atoms with E-state index in [4.69, 9.17) is 16.3 Å². The van der Waals surface area contributed by atoms with Crippen LogP contribution in [0.4, 0.5) is 0 Å². The van der Waals surface area contributed by atoms with E-state index in [1.54, 1.807) is 12.1 Å². The second-order valence-corrected chi connectivity index (χ2v) is 7.75. The van der Waals surface area contributed by atoms with Crippen LogP contribution in [0.15, 0.2) is 59.2 Å². The van der Waals surface area contributed by atoms with Gasteiger partial charge in [0.25, 0.3) is 5.91 Å². The van der Waals surface area contributed by atoms with Crippen LogP contribution in [0.25, 0.3) is 16.5 Å². The predicted molar refractivity (Wildman–Crippen MR) is 112 cm³/mol. The fourth-order valence-electron chi connectivity index (χ4n) is 3.30. The summed E-state index contributed by atoms with van der Waals surface area (Å²) >= 11 is 9.48. The number of carbonyl (C=O) groups is 1. The Hall–Kier alpha value is -2.24. The van der Waals surface area contributed by atoms with Crippen molar-refractivity contribution in [2.24, 2.45) is 0 Å². The molecule has 0 bridgehead atoms. The number of benzene rings is 2. The summed E-state index contributed by atoms with van der Waals surface area (Å²) in [6.45, 7) is 1.25. The topological polar surface area (TPSA) is 45.3 Å². The predicted octanol–water partition coefficient (Wildman–Crippen LogP) is 5.28. The Labute approximate surface area is 170 Å². The quantitative estimate of drug-likeness (QED) is 0.594. The van der Waals surface area contributed by atoms with Crippen molar-refractivity contribution in [3.05, 3.63) is 69.8 Å². The van der Waals surface area contributed by atoms with E-state index in [9.17, 15) is 4.79 Å². The highest BCUT2D eigenvalue weighted by molar-refractivity contribution is 9.10. The van der Waals surface area contributed by atoms with Gasteiger partial charge in [-0.15, -0.1) is 0 Å². The lowest BCUT2D eigenvalue weighted by Gasteiger charge is -2.26. The molecule has 0 atom stereocenters. The molecule has 1 aliphatic heterocycles. The number of aromatic nitrogens is 1. The van der Waals surface area contributed by atoms with Gasteiger partial charge in [-0.1, -0.05) is 51.8 Å². The number of carbonyl (C=O) groups excluding carboxylic acids is 1. The van der Waals surface area contributed by atoms with Gasteiger partial charge < -0.3 is 14.6 Å². The maximum Gasteiger partial charge on any atom is 0.260 e. The summed E-state index contributed by atoms with van der Waals surface area (Å²) < 4.78 is 6.47. The molecule has 4 rings (SSSR count). The summed E-state index contributed by atoms with van der Waals surface area (Å²) in [6, 6.07) is 13.6. The molecule has 1 aromatic heterocycles. The Kier molecular flexibility index (Phi) is 5.23. The molecule has 0 radical (unpaired) electrons. The molecule has 0 unspecified atom stereocenters. The molecule has 0 aliphatic carbocycles. The lowest BCUT2D eigenvalue weighted by Crippen LogP contribution is -2.37. The molecule has 0 saturated heterocycles. The van der Waals surface area contributed by atoms with Crippen LogP contribution >= 0.6 is 27.5 Å². The molecule has 1 aliphatic rings. The Morgan fingerprint density at radius 1 is 1.26 bits per heavy atom. The average molecular weight is 446 g/mol. The van der Waals surface area contributed by atoms with Gasteiger partial charge in [0.2, 0.25) is 0 Å². The van der Waals surface area contributed by atoms with Crippen LogP contribution in [0.5, 0.6) is 5.75 Å². The van der Waals surface area contributed by atoms with Crippen molar-refractivity contribution in [2.75, 3.05) is 19.7 Å². The fraction of sp³-hybridized carbons (Fsp3) is 0.190. The van der Waals surface area contributed by atoms with Crippen molar-refractivity contribution >= 4 is 49.9 Å². The molecule has 2 aromatic carbocycles. The lowest BCUT2D eigenvalue weighted by molar-refractivity contribution is -0.132. The zero-order chi connectivity index (χ0) is 18.8. The molecule has 27 heavy (non-hydrogen) atoms. The first-order valence-electron chi connectivity index (χ1n) is 8.73. The molecule has 2 heterocycles. The summed E-state index contributed by atoms with van der Waals surface area (Å²) in [5, 5.41) is 1.70. The van der Waals surface area contributed by atoms with Gasteiger partial charge in [-0.25, -0.2) is 0 Å². The summed E-state index contributed by atoms with van der Waals surface area (Å²) in [7, 11) is 0. The molecule has 4 nitrogen and oxygen atoms in total. The van der Waals surface area contributed by atoms with Crippen LogP contribution in [-0.4, -0.2) is 35.5 Å². The van der Waals surface area contributed by atoms with E-state index in [0.29, 0.717) is 23.9 Å². The summed E-state index contributed by atoms with van der Waals surface area (Å²) in [6.07, 6.45) is 5.00. The number of para-hydroxylation sites is 1. The molecule has 3 aromatic rings. The zero-order valence-electron chi connectivity index (χ0n) is 14.5. The van der Waals surface area contributed by atoms with Crippen molar-refractivity contribution in [3.8, 4) is 5.75 Å². The number of rotatable bonds is 4. The van der Waals surface area contributed by atoms with Gasteiger partial charge in [0, 0.05) is 40.2 Å². The first kappa shape index (κ1) is 18.1. The van der Waals surface area contributed by atoms with Crippen molar-refractivity contribution in [3.63, 3.8) is 0 Å². The average Bonchev–Trinajstić information content (AvgIpc) is 3.11. The number of hydrogen-bond acceptors (Lipinski definition) is 2. The highest BCUT2D eigenvalue weighted by Gasteiger charge is 2.20. The fourth-order valence-corrected chi connectivity index (χ4v) is 4.03. The third-order valence-corrected chi connectivity index (χ3v) is 5.53. The van der Waals surface area contributed by atoms with Gasteiger partial charge in [0.15, 0.2) is 6.61 Å². The third-order valence-electron chi connectivity index (χ3n) is 4.74. The molecule has 0 spiro atoms. The molecule has 0 saturated carbocycles. The third kappa shape index (κ3) is 3.89. The monoisotopic (exact) mass is 444 g/mol. The molecule has 0 fully saturated rings. The number of amides is 1. The number of fused-ring (bicyclic) bond motifs is 1. The van der Waals surface area contributed by atoms with Crippen molar-refractivity contribution < 1.29 is 9.53 Å². The van der Waals surface area contributed by atoms with E-state index < -0.39 is 0 Å². The standard InChI is InChI=1S/C21H18BrClN2O2/c22-15-5-6-20(18(23)11-15)27-13-21(26)25-9-7-14(8-10-25)17-12-24-19-4-2-1-3-16(17)19/h1-7,11-12,24H,8-10,13H2. The number of aromatic amines is 1. The van der Waals surface area contributed by atoms with Gasteiger partial charge in [-0.2, -0.15) is 0 Å². The second kappa shape index (κ2) is 7.79. The minimum Gasteiger partial charge on any atom is -0.482 e. The van der Waals surface area contributed by atoms with Gasteiger partial charge in [0.1, 0.15) is 5.75 Å². The summed E-state index contributed by atoms with van der Waals surface area (Å²) in [5.74, 6) is 0.475. The van der Waals surface area contributed by atoms with Crippen LogP contribution in [0, 0.1) is 0 Å². The molecule has 1 N–H and O–H groups in total. The summed E-state index contributed by atoms with van der Waals surface area (Å²) in [5.41, 5.74) is 3.62.